The molecule has 0 unspecified atom stereocenters. The number of nitrogens with zero attached hydrogens (tertiary/aromatic N) is 2. The summed E-state index contributed by atoms with van der Waals surface area (Å²) in [7, 11) is 0. The number of carbonyl (C=O) groups excluding carboxylic acids is 1. The number of amides is 1. The highest BCUT2D eigenvalue weighted by Crippen LogP contribution is 2.23. The van der Waals surface area contributed by atoms with Crippen molar-refractivity contribution in [1.29, 1.82) is 0 Å². The molecule has 1 heterocycles. The molecule has 0 saturated carbocycles. The second-order valence-corrected chi connectivity index (χ2v) is 5.65. The van der Waals surface area contributed by atoms with E-state index in [0.29, 0.717) is 16.3 Å². The summed E-state index contributed by atoms with van der Waals surface area (Å²) < 4.78 is 2.54. The zero-order valence-corrected chi connectivity index (χ0v) is 12.9. The maximum Gasteiger partial charge on any atom is 0.255 e. The van der Waals surface area contributed by atoms with E-state index in [2.05, 4.69) is 26.3 Å². The van der Waals surface area contributed by atoms with Gasteiger partial charge in [-0.3, -0.25) is 9.48 Å². The Bertz CT molecular complexity index is 610. The maximum absolute atomic E-state index is 12.0. The Labute approximate surface area is 124 Å². The summed E-state index contributed by atoms with van der Waals surface area (Å²) in [6.45, 7) is 4.04. The van der Waals surface area contributed by atoms with Crippen LogP contribution in [0.5, 0.6) is 0 Å². The molecule has 0 fully saturated rings. The van der Waals surface area contributed by atoms with Crippen LogP contribution in [0.1, 0.15) is 30.2 Å². The van der Waals surface area contributed by atoms with Crippen LogP contribution in [0.15, 0.2) is 35.1 Å². The van der Waals surface area contributed by atoms with E-state index < -0.39 is 0 Å². The molecule has 0 atom stereocenters. The predicted molar refractivity (Wildman–Crippen MR) is 79.7 cm³/mol. The molecule has 1 aromatic heterocycles. The highest BCUT2D eigenvalue weighted by Gasteiger charge is 2.10. The summed E-state index contributed by atoms with van der Waals surface area (Å²) in [5.74, 6) is -0.210. The number of hydrogen-bond acceptors (Lipinski definition) is 2. The van der Waals surface area contributed by atoms with Gasteiger partial charge in [0.25, 0.3) is 5.91 Å². The van der Waals surface area contributed by atoms with E-state index >= 15 is 0 Å². The fourth-order valence-corrected chi connectivity index (χ4v) is 1.95. The van der Waals surface area contributed by atoms with Crippen molar-refractivity contribution in [2.45, 2.75) is 19.9 Å². The van der Waals surface area contributed by atoms with Crippen LogP contribution in [0, 0.1) is 0 Å². The predicted octanol–water partition coefficient (Wildman–Crippen LogP) is 4.13. The first-order chi connectivity index (χ1) is 8.97. The first-order valence-corrected chi connectivity index (χ1v) is 6.95. The van der Waals surface area contributed by atoms with Crippen molar-refractivity contribution in [3.05, 3.63) is 45.7 Å². The standard InChI is InChI=1S/C13H13BrClN3O/c1-8(2)18-7-10(6-16-18)17-13(19)9-3-4-11(14)12(15)5-9/h3-8H,1-2H3,(H,17,19). The zero-order chi connectivity index (χ0) is 14.0. The summed E-state index contributed by atoms with van der Waals surface area (Å²) >= 11 is 9.25. The molecule has 0 spiro atoms. The molecule has 0 radical (unpaired) electrons. The third-order valence-corrected chi connectivity index (χ3v) is 3.80. The number of anilines is 1. The van der Waals surface area contributed by atoms with Crippen LogP contribution in [-0.4, -0.2) is 15.7 Å². The van der Waals surface area contributed by atoms with Crippen molar-refractivity contribution in [3.8, 4) is 0 Å². The molecule has 2 rings (SSSR count). The van der Waals surface area contributed by atoms with Crippen LogP contribution < -0.4 is 5.32 Å². The van der Waals surface area contributed by atoms with Gasteiger partial charge < -0.3 is 5.32 Å². The molecule has 1 amide bonds. The molecule has 0 aliphatic rings. The van der Waals surface area contributed by atoms with Crippen LogP contribution in [0.3, 0.4) is 0 Å². The zero-order valence-electron chi connectivity index (χ0n) is 10.5. The van der Waals surface area contributed by atoms with Gasteiger partial charge in [0.1, 0.15) is 0 Å². The van der Waals surface area contributed by atoms with E-state index in [0.717, 1.165) is 4.47 Å². The SMILES string of the molecule is CC(C)n1cc(NC(=O)c2ccc(Br)c(Cl)c2)cn1. The lowest BCUT2D eigenvalue weighted by Crippen LogP contribution is -2.11. The topological polar surface area (TPSA) is 46.9 Å². The molecule has 4 nitrogen and oxygen atoms in total. The molecule has 0 saturated heterocycles. The first kappa shape index (κ1) is 14.1. The molecular formula is C13H13BrClN3O. The van der Waals surface area contributed by atoms with Crippen molar-refractivity contribution in [2.75, 3.05) is 5.32 Å². The molecule has 19 heavy (non-hydrogen) atoms. The quantitative estimate of drug-likeness (QED) is 0.911. The first-order valence-electron chi connectivity index (χ1n) is 5.78. The minimum Gasteiger partial charge on any atom is -0.319 e. The third kappa shape index (κ3) is 3.36. The Kier molecular flexibility index (Phi) is 4.27. The normalized spacial score (nSPS) is 10.8. The minimum atomic E-state index is -0.210. The lowest BCUT2D eigenvalue weighted by Gasteiger charge is -2.05. The number of carbonyl (C=O) groups is 1. The molecular weight excluding hydrogens is 330 g/mol. The second kappa shape index (κ2) is 5.75. The average molecular weight is 343 g/mol. The Morgan fingerprint density at radius 3 is 2.79 bits per heavy atom. The summed E-state index contributed by atoms with van der Waals surface area (Å²) in [5.41, 5.74) is 1.17. The van der Waals surface area contributed by atoms with Gasteiger partial charge in [0, 0.05) is 22.3 Å². The Morgan fingerprint density at radius 1 is 1.47 bits per heavy atom. The Balaban J connectivity index is 2.13. The number of halogens is 2. The largest absolute Gasteiger partial charge is 0.319 e. The van der Waals surface area contributed by atoms with E-state index in [1.165, 1.54) is 0 Å². The third-order valence-electron chi connectivity index (χ3n) is 2.57. The van der Waals surface area contributed by atoms with Gasteiger partial charge in [-0.25, -0.2) is 0 Å². The minimum absolute atomic E-state index is 0.210. The number of nitrogens with one attached hydrogen (secondary N) is 1. The molecule has 100 valence electrons. The summed E-state index contributed by atoms with van der Waals surface area (Å²) in [6.07, 6.45) is 3.42. The van der Waals surface area contributed by atoms with Gasteiger partial charge >= 0.3 is 0 Å². The summed E-state index contributed by atoms with van der Waals surface area (Å²) in [5, 5.41) is 7.45. The van der Waals surface area contributed by atoms with Crippen molar-refractivity contribution in [1.82, 2.24) is 9.78 Å². The molecule has 0 bridgehead atoms. The van der Waals surface area contributed by atoms with E-state index in [1.807, 2.05) is 13.8 Å². The smallest absolute Gasteiger partial charge is 0.255 e. The van der Waals surface area contributed by atoms with Gasteiger partial charge in [0.05, 0.1) is 16.9 Å². The van der Waals surface area contributed by atoms with Crippen molar-refractivity contribution >= 4 is 39.1 Å². The number of hydrogen-bond donors (Lipinski definition) is 1. The van der Waals surface area contributed by atoms with Gasteiger partial charge in [0.15, 0.2) is 0 Å². The monoisotopic (exact) mass is 341 g/mol. The van der Waals surface area contributed by atoms with Gasteiger partial charge in [-0.1, -0.05) is 11.6 Å². The van der Waals surface area contributed by atoms with E-state index in [9.17, 15) is 4.79 Å². The highest BCUT2D eigenvalue weighted by atomic mass is 79.9. The Hall–Kier alpha value is -1.33. The Morgan fingerprint density at radius 2 is 2.21 bits per heavy atom. The lowest BCUT2D eigenvalue weighted by molar-refractivity contribution is 0.102. The van der Waals surface area contributed by atoms with E-state index in [1.54, 1.807) is 35.3 Å². The van der Waals surface area contributed by atoms with Gasteiger partial charge in [-0.15, -0.1) is 0 Å². The van der Waals surface area contributed by atoms with Crippen LogP contribution in [0.25, 0.3) is 0 Å². The van der Waals surface area contributed by atoms with Crippen LogP contribution in [-0.2, 0) is 0 Å². The fraction of sp³-hybridized carbons (Fsp3) is 0.231. The van der Waals surface area contributed by atoms with Crippen molar-refractivity contribution in [2.24, 2.45) is 0 Å². The molecule has 1 N–H and O–H groups in total. The second-order valence-electron chi connectivity index (χ2n) is 4.39. The van der Waals surface area contributed by atoms with E-state index in [4.69, 9.17) is 11.6 Å². The van der Waals surface area contributed by atoms with Gasteiger partial charge in [0.2, 0.25) is 0 Å². The number of aromatic nitrogens is 2. The van der Waals surface area contributed by atoms with Gasteiger partial charge in [-0.05, 0) is 48.0 Å². The summed E-state index contributed by atoms with van der Waals surface area (Å²) in [4.78, 5) is 12.0. The molecule has 2 aromatic rings. The summed E-state index contributed by atoms with van der Waals surface area (Å²) in [6, 6.07) is 5.33. The number of rotatable bonds is 3. The highest BCUT2D eigenvalue weighted by molar-refractivity contribution is 9.10. The number of benzene rings is 1. The van der Waals surface area contributed by atoms with Crippen LogP contribution in [0.2, 0.25) is 5.02 Å². The lowest BCUT2D eigenvalue weighted by atomic mass is 10.2. The van der Waals surface area contributed by atoms with Crippen LogP contribution >= 0.6 is 27.5 Å². The van der Waals surface area contributed by atoms with Crippen molar-refractivity contribution in [3.63, 3.8) is 0 Å². The van der Waals surface area contributed by atoms with Gasteiger partial charge in [-0.2, -0.15) is 5.10 Å². The van der Waals surface area contributed by atoms with E-state index in [-0.39, 0.29) is 11.9 Å². The fourth-order valence-electron chi connectivity index (χ4n) is 1.53. The molecule has 0 aliphatic heterocycles. The maximum atomic E-state index is 12.0. The molecule has 1 aromatic carbocycles. The van der Waals surface area contributed by atoms with Crippen LogP contribution in [0.4, 0.5) is 5.69 Å². The molecule has 0 aliphatic carbocycles. The average Bonchev–Trinajstić information content (AvgIpc) is 2.81. The van der Waals surface area contributed by atoms with Crippen molar-refractivity contribution < 1.29 is 4.79 Å². The molecule has 6 heteroatoms.